The lowest BCUT2D eigenvalue weighted by atomic mass is 10.2. The fraction of sp³-hybridized carbons (Fsp3) is 0.500. The number of benzene rings is 1. The minimum absolute atomic E-state index is 0.239. The third kappa shape index (κ3) is 5.19. The number of aliphatic hydroxyl groups is 1. The summed E-state index contributed by atoms with van der Waals surface area (Å²) in [6.45, 7) is 0.239. The summed E-state index contributed by atoms with van der Waals surface area (Å²) in [5.74, 6) is 0.636. The Morgan fingerprint density at radius 1 is 1.24 bits per heavy atom. The summed E-state index contributed by atoms with van der Waals surface area (Å²) in [6, 6.07) is 5.44. The first kappa shape index (κ1) is 14.7. The van der Waals surface area contributed by atoms with E-state index in [1.807, 2.05) is 12.1 Å². The van der Waals surface area contributed by atoms with E-state index in [1.54, 1.807) is 6.07 Å². The van der Waals surface area contributed by atoms with Gasteiger partial charge in [-0.1, -0.05) is 28.8 Å². The average Bonchev–Trinajstić information content (AvgIpc) is 2.28. The highest BCUT2D eigenvalue weighted by Crippen LogP contribution is 2.22. The number of hydrogen-bond acceptors (Lipinski definition) is 3. The fourth-order valence-corrected chi connectivity index (χ4v) is 3.14. The van der Waals surface area contributed by atoms with Crippen LogP contribution in [0.2, 0.25) is 0 Å². The molecule has 0 amide bonds. The molecule has 0 bridgehead atoms. The van der Waals surface area contributed by atoms with Crippen LogP contribution in [-0.2, 0) is 10.8 Å². The van der Waals surface area contributed by atoms with Gasteiger partial charge in [-0.25, -0.2) is 0 Å². The van der Waals surface area contributed by atoms with Crippen molar-refractivity contribution in [1.82, 2.24) is 0 Å². The maximum atomic E-state index is 12.0. The van der Waals surface area contributed by atoms with Gasteiger partial charge in [0.05, 0.1) is 15.7 Å². The normalized spacial score (nSPS) is 12.6. The van der Waals surface area contributed by atoms with Crippen LogP contribution in [0.15, 0.2) is 27.6 Å². The van der Waals surface area contributed by atoms with Crippen molar-refractivity contribution in [3.8, 4) is 0 Å². The standard InChI is InChI=1S/C12H18BrNO2S/c13-10-5-6-12(11(14)9-10)17(16)8-4-2-1-3-7-15/h5-6,9,15H,1-4,7-8,14H2. The molecule has 1 atom stereocenters. The van der Waals surface area contributed by atoms with Crippen LogP contribution in [-0.4, -0.2) is 21.7 Å². The van der Waals surface area contributed by atoms with Crippen LogP contribution in [0.1, 0.15) is 25.7 Å². The van der Waals surface area contributed by atoms with Crippen molar-refractivity contribution in [2.24, 2.45) is 0 Å². The molecule has 1 rings (SSSR count). The van der Waals surface area contributed by atoms with E-state index >= 15 is 0 Å². The maximum Gasteiger partial charge on any atom is 0.0618 e. The van der Waals surface area contributed by atoms with Crippen LogP contribution < -0.4 is 5.73 Å². The highest BCUT2D eigenvalue weighted by atomic mass is 79.9. The van der Waals surface area contributed by atoms with Crippen molar-refractivity contribution in [2.45, 2.75) is 30.6 Å². The summed E-state index contributed by atoms with van der Waals surface area (Å²) in [5.41, 5.74) is 6.40. The van der Waals surface area contributed by atoms with Gasteiger partial charge >= 0.3 is 0 Å². The van der Waals surface area contributed by atoms with Crippen molar-refractivity contribution in [3.05, 3.63) is 22.7 Å². The fourth-order valence-electron chi connectivity index (χ4n) is 1.54. The van der Waals surface area contributed by atoms with Gasteiger partial charge in [0, 0.05) is 22.5 Å². The molecule has 0 aromatic heterocycles. The molecule has 5 heteroatoms. The summed E-state index contributed by atoms with van der Waals surface area (Å²) < 4.78 is 12.9. The smallest absolute Gasteiger partial charge is 0.0618 e. The highest BCUT2D eigenvalue weighted by Gasteiger charge is 2.07. The van der Waals surface area contributed by atoms with E-state index in [1.165, 1.54) is 0 Å². The molecule has 0 saturated carbocycles. The summed E-state index contributed by atoms with van der Waals surface area (Å²) in [7, 11) is -1.02. The average molecular weight is 320 g/mol. The van der Waals surface area contributed by atoms with E-state index in [2.05, 4.69) is 15.9 Å². The number of hydrogen-bond donors (Lipinski definition) is 2. The molecule has 0 aliphatic rings. The third-order valence-electron chi connectivity index (χ3n) is 2.45. The Balaban J connectivity index is 2.42. The molecular weight excluding hydrogens is 302 g/mol. The number of anilines is 1. The van der Waals surface area contributed by atoms with Gasteiger partial charge in [-0.3, -0.25) is 4.21 Å². The van der Waals surface area contributed by atoms with Gasteiger partial charge in [0.1, 0.15) is 0 Å². The zero-order chi connectivity index (χ0) is 12.7. The number of unbranched alkanes of at least 4 members (excludes halogenated alkanes) is 3. The van der Waals surface area contributed by atoms with Gasteiger partial charge in [-0.15, -0.1) is 0 Å². The molecule has 0 saturated heterocycles. The van der Waals surface area contributed by atoms with E-state index in [0.717, 1.165) is 35.1 Å². The lowest BCUT2D eigenvalue weighted by Crippen LogP contribution is -2.02. The zero-order valence-electron chi connectivity index (χ0n) is 9.69. The van der Waals surface area contributed by atoms with E-state index in [4.69, 9.17) is 10.8 Å². The molecule has 0 fully saturated rings. The van der Waals surface area contributed by atoms with E-state index in [0.29, 0.717) is 11.4 Å². The van der Waals surface area contributed by atoms with Crippen molar-refractivity contribution < 1.29 is 9.32 Å². The van der Waals surface area contributed by atoms with Gasteiger partial charge in [0.2, 0.25) is 0 Å². The Morgan fingerprint density at radius 2 is 1.94 bits per heavy atom. The molecular formula is C12H18BrNO2S. The molecule has 1 unspecified atom stereocenters. The summed E-state index contributed by atoms with van der Waals surface area (Å²) in [6.07, 6.45) is 3.72. The van der Waals surface area contributed by atoms with Crippen molar-refractivity contribution in [3.63, 3.8) is 0 Å². The number of halogens is 1. The topological polar surface area (TPSA) is 63.3 Å². The third-order valence-corrected chi connectivity index (χ3v) is 4.47. The SMILES string of the molecule is Nc1cc(Br)ccc1S(=O)CCCCCCO. The number of nitrogens with two attached hydrogens (primary N) is 1. The van der Waals surface area contributed by atoms with Crippen LogP contribution in [0.4, 0.5) is 5.69 Å². The van der Waals surface area contributed by atoms with Gasteiger partial charge < -0.3 is 10.8 Å². The highest BCUT2D eigenvalue weighted by molar-refractivity contribution is 9.10. The second kappa shape index (κ2) is 7.84. The molecule has 17 heavy (non-hydrogen) atoms. The maximum absolute atomic E-state index is 12.0. The second-order valence-corrected chi connectivity index (χ2v) is 6.32. The van der Waals surface area contributed by atoms with Crippen LogP contribution >= 0.6 is 15.9 Å². The zero-order valence-corrected chi connectivity index (χ0v) is 12.1. The lowest BCUT2D eigenvalue weighted by molar-refractivity contribution is 0.283. The number of rotatable bonds is 7. The monoisotopic (exact) mass is 319 g/mol. The predicted octanol–water partition coefficient (Wildman–Crippen LogP) is 2.69. The Bertz CT molecular complexity index is 385. The Labute approximate surface area is 113 Å². The van der Waals surface area contributed by atoms with E-state index in [-0.39, 0.29) is 6.61 Å². The molecule has 0 aliphatic carbocycles. The quantitative estimate of drug-likeness (QED) is 0.600. The van der Waals surface area contributed by atoms with Gasteiger partial charge in [0.25, 0.3) is 0 Å². The molecule has 96 valence electrons. The van der Waals surface area contributed by atoms with Crippen LogP contribution in [0.5, 0.6) is 0 Å². The molecule has 0 spiro atoms. The van der Waals surface area contributed by atoms with Crippen molar-refractivity contribution in [2.75, 3.05) is 18.1 Å². The molecule has 3 nitrogen and oxygen atoms in total. The molecule has 0 radical (unpaired) electrons. The first-order valence-electron chi connectivity index (χ1n) is 5.69. The Kier molecular flexibility index (Phi) is 6.77. The van der Waals surface area contributed by atoms with Crippen LogP contribution in [0.25, 0.3) is 0 Å². The lowest BCUT2D eigenvalue weighted by Gasteiger charge is -2.06. The molecule has 0 heterocycles. The number of nitrogen functional groups attached to an aromatic ring is 1. The van der Waals surface area contributed by atoms with Crippen LogP contribution in [0, 0.1) is 0 Å². The van der Waals surface area contributed by atoms with Crippen LogP contribution in [0.3, 0.4) is 0 Å². The van der Waals surface area contributed by atoms with Crippen molar-refractivity contribution >= 4 is 32.4 Å². The van der Waals surface area contributed by atoms with Crippen molar-refractivity contribution in [1.29, 1.82) is 0 Å². The largest absolute Gasteiger partial charge is 0.398 e. The first-order chi connectivity index (χ1) is 8.15. The minimum atomic E-state index is -1.02. The molecule has 1 aromatic carbocycles. The Morgan fingerprint density at radius 3 is 2.59 bits per heavy atom. The molecule has 0 aliphatic heterocycles. The summed E-state index contributed by atoms with van der Waals surface area (Å²) in [4.78, 5) is 0.718. The van der Waals surface area contributed by atoms with E-state index < -0.39 is 10.8 Å². The predicted molar refractivity (Wildman–Crippen MR) is 75.4 cm³/mol. The second-order valence-electron chi connectivity index (χ2n) is 3.87. The number of aliphatic hydroxyl groups excluding tert-OH is 1. The summed E-state index contributed by atoms with van der Waals surface area (Å²) in [5, 5.41) is 8.63. The minimum Gasteiger partial charge on any atom is -0.398 e. The van der Waals surface area contributed by atoms with Gasteiger partial charge in [-0.05, 0) is 31.0 Å². The van der Waals surface area contributed by atoms with Gasteiger partial charge in [0.15, 0.2) is 0 Å². The Hall–Kier alpha value is -0.390. The van der Waals surface area contributed by atoms with E-state index in [9.17, 15) is 4.21 Å². The summed E-state index contributed by atoms with van der Waals surface area (Å²) >= 11 is 3.32. The van der Waals surface area contributed by atoms with Gasteiger partial charge in [-0.2, -0.15) is 0 Å². The molecule has 3 N–H and O–H groups in total. The first-order valence-corrected chi connectivity index (χ1v) is 7.80. The molecule has 1 aromatic rings.